The summed E-state index contributed by atoms with van der Waals surface area (Å²) < 4.78 is 5.42. The molecule has 3 aromatic heterocycles. The first-order chi connectivity index (χ1) is 20.0. The van der Waals surface area contributed by atoms with Crippen molar-refractivity contribution < 1.29 is 9.53 Å². The first-order valence-electron chi connectivity index (χ1n) is 14.5. The zero-order valence-electron chi connectivity index (χ0n) is 23.6. The Kier molecular flexibility index (Phi) is 9.77. The molecule has 11 heteroatoms. The molecule has 216 valence electrons. The lowest BCUT2D eigenvalue weighted by molar-refractivity contribution is 0.0929. The van der Waals surface area contributed by atoms with E-state index in [1.807, 2.05) is 30.5 Å². The molecule has 0 unspecified atom stereocenters. The molecule has 2 fully saturated rings. The Morgan fingerprint density at radius 1 is 1.15 bits per heavy atom. The van der Waals surface area contributed by atoms with E-state index in [0.29, 0.717) is 19.1 Å². The number of likely N-dealkylation sites (tertiary alicyclic amines) is 2. The van der Waals surface area contributed by atoms with Crippen LogP contribution in [0.15, 0.2) is 30.5 Å². The normalized spacial score (nSPS) is 16.8. The Morgan fingerprint density at radius 2 is 1.93 bits per heavy atom. The average Bonchev–Trinajstić information content (AvgIpc) is 3.39. The number of carbonyl (C=O) groups excluding carboxylic acids is 1. The molecule has 0 radical (unpaired) electrons. The van der Waals surface area contributed by atoms with E-state index in [0.717, 1.165) is 62.8 Å². The number of hydrogen-bond acceptors (Lipinski definition) is 10. The van der Waals surface area contributed by atoms with Crippen molar-refractivity contribution in [2.24, 2.45) is 5.92 Å². The largest absolute Gasteiger partial charge is 0.477 e. The van der Waals surface area contributed by atoms with Crippen LogP contribution in [0.25, 0.3) is 10.7 Å². The molecular weight excluding hydrogens is 536 g/mol. The van der Waals surface area contributed by atoms with E-state index in [1.165, 1.54) is 35.9 Å². The quantitative estimate of drug-likeness (QED) is 0.367. The van der Waals surface area contributed by atoms with Crippen molar-refractivity contribution in [3.8, 4) is 22.7 Å². The highest BCUT2D eigenvalue weighted by atomic mass is 32.1. The van der Waals surface area contributed by atoms with Gasteiger partial charge in [0.25, 0.3) is 5.91 Å². The van der Waals surface area contributed by atoms with Crippen LogP contribution in [0.5, 0.6) is 5.88 Å². The zero-order chi connectivity index (χ0) is 28.6. The van der Waals surface area contributed by atoms with Gasteiger partial charge in [0.05, 0.1) is 23.7 Å². The van der Waals surface area contributed by atoms with E-state index in [-0.39, 0.29) is 28.7 Å². The maximum Gasteiger partial charge on any atom is 0.270 e. The number of nitrogens with zero attached hydrogens (tertiary/aromatic N) is 6. The van der Waals surface area contributed by atoms with Gasteiger partial charge in [-0.1, -0.05) is 12.5 Å². The number of ether oxygens (including phenoxy) is 1. The van der Waals surface area contributed by atoms with Gasteiger partial charge in [-0.3, -0.25) is 19.6 Å². The van der Waals surface area contributed by atoms with Crippen LogP contribution in [-0.2, 0) is 13.1 Å². The van der Waals surface area contributed by atoms with E-state index in [2.05, 4.69) is 25.1 Å². The molecule has 3 aromatic rings. The molecule has 0 atom stereocenters. The van der Waals surface area contributed by atoms with Crippen LogP contribution in [0.4, 0.5) is 5.69 Å². The standard InChI is InChI=1S/C30H38N8O2S/c1-2-40-29-22(17-31)23(32)16-25(35-29)28(39)34-18-21-9-14-38(15-10-21)20-27-26(19-37-12-6-3-7-13-37)36-30(41-27)24-8-4-5-11-33-24/h4-5,8,11,16,21H,2-3,6-7,9-10,12-15,18-20H2,1H3,(H2,32,35)(H,34,39). The second-order valence-corrected chi connectivity index (χ2v) is 11.8. The van der Waals surface area contributed by atoms with Gasteiger partial charge in [0.15, 0.2) is 0 Å². The van der Waals surface area contributed by atoms with Crippen LogP contribution in [0.1, 0.15) is 65.7 Å². The molecule has 0 spiro atoms. The van der Waals surface area contributed by atoms with Gasteiger partial charge in [-0.15, -0.1) is 11.3 Å². The van der Waals surface area contributed by atoms with Gasteiger partial charge in [-0.05, 0) is 82.9 Å². The fourth-order valence-corrected chi connectivity index (χ4v) is 6.54. The lowest BCUT2D eigenvalue weighted by atomic mass is 9.96. The molecule has 1 amide bonds. The highest BCUT2D eigenvalue weighted by Crippen LogP contribution is 2.31. The predicted octanol–water partition coefficient (Wildman–Crippen LogP) is 4.08. The third kappa shape index (κ3) is 7.38. The third-order valence-electron chi connectivity index (χ3n) is 7.75. The van der Waals surface area contributed by atoms with Crippen molar-refractivity contribution in [2.75, 3.05) is 45.1 Å². The number of nitrogens with one attached hydrogen (secondary N) is 1. The number of hydrogen-bond donors (Lipinski definition) is 2. The van der Waals surface area contributed by atoms with Crippen LogP contribution in [0, 0.1) is 17.2 Å². The van der Waals surface area contributed by atoms with Crippen molar-refractivity contribution in [3.63, 3.8) is 0 Å². The average molecular weight is 575 g/mol. The molecule has 0 saturated carbocycles. The number of pyridine rings is 2. The van der Waals surface area contributed by atoms with Gasteiger partial charge in [0.1, 0.15) is 22.3 Å². The van der Waals surface area contributed by atoms with E-state index >= 15 is 0 Å². The summed E-state index contributed by atoms with van der Waals surface area (Å²) in [5, 5.41) is 13.3. The molecular formula is C30H38N8O2S. The molecule has 3 N–H and O–H groups in total. The Morgan fingerprint density at radius 3 is 2.63 bits per heavy atom. The highest BCUT2D eigenvalue weighted by Gasteiger charge is 2.24. The number of nitriles is 1. The molecule has 2 aliphatic heterocycles. The number of amides is 1. The van der Waals surface area contributed by atoms with Gasteiger partial charge in [0.2, 0.25) is 5.88 Å². The third-order valence-corrected chi connectivity index (χ3v) is 8.86. The Hall–Kier alpha value is -3.59. The fourth-order valence-electron chi connectivity index (χ4n) is 5.45. The number of aromatic nitrogens is 3. The number of piperidine rings is 2. The van der Waals surface area contributed by atoms with Crippen molar-refractivity contribution in [3.05, 3.63) is 52.3 Å². The smallest absolute Gasteiger partial charge is 0.270 e. The topological polar surface area (TPSA) is 133 Å². The first-order valence-corrected chi connectivity index (χ1v) is 15.3. The van der Waals surface area contributed by atoms with Crippen molar-refractivity contribution in [1.29, 1.82) is 5.26 Å². The predicted molar refractivity (Wildman–Crippen MR) is 159 cm³/mol. The molecule has 2 saturated heterocycles. The maximum absolute atomic E-state index is 12.8. The molecule has 0 aliphatic carbocycles. The summed E-state index contributed by atoms with van der Waals surface area (Å²) in [5.74, 6) is 0.177. The number of rotatable bonds is 10. The molecule has 0 aromatic carbocycles. The number of nitrogen functional groups attached to an aromatic ring is 1. The molecule has 5 heterocycles. The van der Waals surface area contributed by atoms with Gasteiger partial charge >= 0.3 is 0 Å². The summed E-state index contributed by atoms with van der Waals surface area (Å²) in [5.41, 5.74) is 8.61. The van der Waals surface area contributed by atoms with Crippen molar-refractivity contribution in [1.82, 2.24) is 30.1 Å². The van der Waals surface area contributed by atoms with Crippen LogP contribution < -0.4 is 15.8 Å². The second-order valence-electron chi connectivity index (χ2n) is 10.7. The van der Waals surface area contributed by atoms with Gasteiger partial charge in [0, 0.05) is 30.7 Å². The van der Waals surface area contributed by atoms with Gasteiger partial charge in [-0.25, -0.2) is 9.97 Å². The number of anilines is 1. The number of thiazole rings is 1. The number of carbonyl (C=O) groups is 1. The highest BCUT2D eigenvalue weighted by molar-refractivity contribution is 7.15. The minimum atomic E-state index is -0.307. The lowest BCUT2D eigenvalue weighted by Gasteiger charge is -2.32. The summed E-state index contributed by atoms with van der Waals surface area (Å²) in [6, 6.07) is 9.42. The first kappa shape index (κ1) is 28.9. The summed E-state index contributed by atoms with van der Waals surface area (Å²) in [6.07, 6.45) is 7.68. The SMILES string of the molecule is CCOc1nc(C(=O)NCC2CCN(Cc3sc(-c4ccccn4)nc3CN3CCCCC3)CC2)cc(N)c1C#N. The monoisotopic (exact) mass is 574 g/mol. The summed E-state index contributed by atoms with van der Waals surface area (Å²) in [4.78, 5) is 33.0. The fraction of sp³-hybridized carbons (Fsp3) is 0.500. The Labute approximate surface area is 245 Å². The molecule has 5 rings (SSSR count). The Bertz CT molecular complexity index is 1360. The van der Waals surface area contributed by atoms with Crippen LogP contribution in [0.3, 0.4) is 0 Å². The molecule has 2 aliphatic rings. The summed E-state index contributed by atoms with van der Waals surface area (Å²) in [7, 11) is 0. The molecule has 41 heavy (non-hydrogen) atoms. The summed E-state index contributed by atoms with van der Waals surface area (Å²) >= 11 is 1.77. The lowest BCUT2D eigenvalue weighted by Crippen LogP contribution is -2.38. The van der Waals surface area contributed by atoms with Gasteiger partial charge < -0.3 is 15.8 Å². The Balaban J connectivity index is 1.17. The molecule has 0 bridgehead atoms. The molecule has 10 nitrogen and oxygen atoms in total. The van der Waals surface area contributed by atoms with Crippen LogP contribution in [-0.4, -0.2) is 70.0 Å². The van der Waals surface area contributed by atoms with Crippen LogP contribution >= 0.6 is 11.3 Å². The van der Waals surface area contributed by atoms with E-state index < -0.39 is 0 Å². The number of nitrogens with two attached hydrogens (primary N) is 1. The van der Waals surface area contributed by atoms with Crippen molar-refractivity contribution >= 4 is 22.9 Å². The van der Waals surface area contributed by atoms with Crippen molar-refractivity contribution in [2.45, 2.75) is 52.1 Å². The van der Waals surface area contributed by atoms with E-state index in [9.17, 15) is 10.1 Å². The van der Waals surface area contributed by atoms with E-state index in [4.69, 9.17) is 15.5 Å². The van der Waals surface area contributed by atoms with Crippen LogP contribution in [0.2, 0.25) is 0 Å². The van der Waals surface area contributed by atoms with E-state index in [1.54, 1.807) is 18.3 Å². The minimum absolute atomic E-state index is 0.0994. The minimum Gasteiger partial charge on any atom is -0.477 e. The summed E-state index contributed by atoms with van der Waals surface area (Å²) in [6.45, 7) is 8.71. The van der Waals surface area contributed by atoms with Gasteiger partial charge in [-0.2, -0.15) is 5.26 Å². The second kappa shape index (κ2) is 13.9. The zero-order valence-corrected chi connectivity index (χ0v) is 24.5. The maximum atomic E-state index is 12.8.